The summed E-state index contributed by atoms with van der Waals surface area (Å²) in [7, 11) is 0. The average molecular weight is 353 g/mol. The molecule has 2 aromatic rings. The van der Waals surface area contributed by atoms with Crippen molar-refractivity contribution >= 4 is 11.8 Å². The Morgan fingerprint density at radius 1 is 0.962 bits per heavy atom. The lowest BCUT2D eigenvalue weighted by atomic mass is 10.2. The molecule has 0 bridgehead atoms. The predicted molar refractivity (Wildman–Crippen MR) is 98.3 cm³/mol. The summed E-state index contributed by atoms with van der Waals surface area (Å²) in [6.45, 7) is 4.82. The van der Waals surface area contributed by atoms with E-state index in [1.54, 1.807) is 46.3 Å². The van der Waals surface area contributed by atoms with E-state index in [4.69, 9.17) is 4.74 Å². The number of hydrogen-bond acceptors (Lipinski definition) is 4. The highest BCUT2D eigenvalue weighted by molar-refractivity contribution is 5.95. The normalized spacial score (nSPS) is 14.7. The first kappa shape index (κ1) is 17.9. The topological polar surface area (TPSA) is 62.7 Å². The van der Waals surface area contributed by atoms with Gasteiger partial charge in [-0.1, -0.05) is 6.07 Å². The minimum Gasteiger partial charge on any atom is -0.494 e. The summed E-state index contributed by atoms with van der Waals surface area (Å²) >= 11 is 0. The lowest BCUT2D eigenvalue weighted by molar-refractivity contribution is 0.0715. The van der Waals surface area contributed by atoms with Crippen LogP contribution in [0.2, 0.25) is 0 Å². The van der Waals surface area contributed by atoms with Gasteiger partial charge < -0.3 is 14.5 Å². The third-order valence-corrected chi connectivity index (χ3v) is 4.37. The highest BCUT2D eigenvalue weighted by Crippen LogP contribution is 2.15. The van der Waals surface area contributed by atoms with Crippen LogP contribution in [0.4, 0.5) is 0 Å². The molecule has 1 aliphatic heterocycles. The molecule has 3 rings (SSSR count). The van der Waals surface area contributed by atoms with Crippen LogP contribution < -0.4 is 4.74 Å². The van der Waals surface area contributed by atoms with Crippen LogP contribution >= 0.6 is 0 Å². The fourth-order valence-electron chi connectivity index (χ4n) is 3.02. The van der Waals surface area contributed by atoms with Crippen molar-refractivity contribution in [2.24, 2.45) is 0 Å². The van der Waals surface area contributed by atoms with Crippen molar-refractivity contribution in [3.05, 3.63) is 59.9 Å². The molecule has 0 radical (unpaired) electrons. The van der Waals surface area contributed by atoms with Gasteiger partial charge in [-0.3, -0.25) is 14.6 Å². The standard InChI is InChI=1S/C20H23N3O3/c1-2-26-17-9-7-16(8-10-17)19(24)22-12-5-13-23(15-14-22)20(25)18-6-3-4-11-21-18/h3-4,6-11H,2,5,12-15H2,1H3. The smallest absolute Gasteiger partial charge is 0.272 e. The summed E-state index contributed by atoms with van der Waals surface area (Å²) in [5.41, 5.74) is 1.08. The SMILES string of the molecule is CCOc1ccc(C(=O)N2CCCN(C(=O)c3ccccn3)CC2)cc1. The Morgan fingerprint density at radius 3 is 2.27 bits per heavy atom. The highest BCUT2D eigenvalue weighted by atomic mass is 16.5. The molecule has 0 saturated carbocycles. The molecule has 6 heteroatoms. The number of pyridine rings is 1. The Balaban J connectivity index is 1.62. The van der Waals surface area contributed by atoms with Gasteiger partial charge in [0.1, 0.15) is 11.4 Å². The van der Waals surface area contributed by atoms with Crippen LogP contribution in [0.5, 0.6) is 5.75 Å². The Labute approximate surface area is 153 Å². The highest BCUT2D eigenvalue weighted by Gasteiger charge is 2.24. The number of carbonyl (C=O) groups is 2. The monoisotopic (exact) mass is 353 g/mol. The number of rotatable bonds is 4. The molecule has 0 spiro atoms. The fourth-order valence-corrected chi connectivity index (χ4v) is 3.02. The summed E-state index contributed by atoms with van der Waals surface area (Å²) in [5.74, 6) is 0.660. The maximum absolute atomic E-state index is 12.7. The summed E-state index contributed by atoms with van der Waals surface area (Å²) in [5, 5.41) is 0. The molecule has 0 aliphatic carbocycles. The third-order valence-electron chi connectivity index (χ3n) is 4.37. The van der Waals surface area contributed by atoms with E-state index < -0.39 is 0 Å². The van der Waals surface area contributed by atoms with Crippen molar-refractivity contribution in [2.45, 2.75) is 13.3 Å². The number of benzene rings is 1. The van der Waals surface area contributed by atoms with Gasteiger partial charge in [-0.05, 0) is 49.7 Å². The predicted octanol–water partition coefficient (Wildman–Crippen LogP) is 2.47. The lowest BCUT2D eigenvalue weighted by Crippen LogP contribution is -2.37. The fraction of sp³-hybridized carbons (Fsp3) is 0.350. The molecular weight excluding hydrogens is 330 g/mol. The number of carbonyl (C=O) groups excluding carboxylic acids is 2. The van der Waals surface area contributed by atoms with Gasteiger partial charge in [0.15, 0.2) is 0 Å². The zero-order chi connectivity index (χ0) is 18.4. The molecular formula is C20H23N3O3. The summed E-state index contributed by atoms with van der Waals surface area (Å²) in [6, 6.07) is 12.5. The molecule has 1 fully saturated rings. The molecule has 6 nitrogen and oxygen atoms in total. The van der Waals surface area contributed by atoms with Crippen molar-refractivity contribution in [3.8, 4) is 5.75 Å². The maximum atomic E-state index is 12.7. The molecule has 0 atom stereocenters. The second-order valence-electron chi connectivity index (χ2n) is 6.11. The van der Waals surface area contributed by atoms with E-state index in [0.717, 1.165) is 12.2 Å². The minimum atomic E-state index is -0.0824. The first-order valence-corrected chi connectivity index (χ1v) is 8.91. The van der Waals surface area contributed by atoms with Gasteiger partial charge in [-0.15, -0.1) is 0 Å². The van der Waals surface area contributed by atoms with E-state index in [2.05, 4.69) is 4.98 Å². The number of aromatic nitrogens is 1. The molecule has 136 valence electrons. The summed E-state index contributed by atoms with van der Waals surface area (Å²) < 4.78 is 5.41. The van der Waals surface area contributed by atoms with Gasteiger partial charge in [-0.2, -0.15) is 0 Å². The van der Waals surface area contributed by atoms with E-state index in [-0.39, 0.29) is 11.8 Å². The number of ether oxygens (including phenoxy) is 1. The molecule has 1 aromatic heterocycles. The maximum Gasteiger partial charge on any atom is 0.272 e. The van der Waals surface area contributed by atoms with Gasteiger partial charge in [0.05, 0.1) is 6.61 Å². The molecule has 1 aromatic carbocycles. The Kier molecular flexibility index (Phi) is 5.84. The van der Waals surface area contributed by atoms with Crippen molar-refractivity contribution in [1.29, 1.82) is 0 Å². The third kappa shape index (κ3) is 4.20. The van der Waals surface area contributed by atoms with Gasteiger partial charge >= 0.3 is 0 Å². The van der Waals surface area contributed by atoms with E-state index >= 15 is 0 Å². The first-order valence-electron chi connectivity index (χ1n) is 8.91. The zero-order valence-corrected chi connectivity index (χ0v) is 14.9. The van der Waals surface area contributed by atoms with Crippen LogP contribution in [0.25, 0.3) is 0 Å². The molecule has 2 heterocycles. The largest absolute Gasteiger partial charge is 0.494 e. The Bertz CT molecular complexity index is 747. The molecule has 2 amide bonds. The molecule has 0 unspecified atom stereocenters. The zero-order valence-electron chi connectivity index (χ0n) is 14.9. The molecule has 1 saturated heterocycles. The number of nitrogens with zero attached hydrogens (tertiary/aromatic N) is 3. The van der Waals surface area contributed by atoms with Crippen molar-refractivity contribution in [3.63, 3.8) is 0 Å². The summed E-state index contributed by atoms with van der Waals surface area (Å²) in [4.78, 5) is 33.0. The second kappa shape index (κ2) is 8.47. The van der Waals surface area contributed by atoms with E-state index in [1.807, 2.05) is 19.1 Å². The Hall–Kier alpha value is -2.89. The summed E-state index contributed by atoms with van der Waals surface area (Å²) in [6.07, 6.45) is 2.37. The van der Waals surface area contributed by atoms with E-state index in [0.29, 0.717) is 44.0 Å². The van der Waals surface area contributed by atoms with E-state index in [9.17, 15) is 9.59 Å². The van der Waals surface area contributed by atoms with Gasteiger partial charge in [-0.25, -0.2) is 0 Å². The van der Waals surface area contributed by atoms with Crippen LogP contribution in [0.15, 0.2) is 48.7 Å². The van der Waals surface area contributed by atoms with Gasteiger partial charge in [0.25, 0.3) is 11.8 Å². The van der Waals surface area contributed by atoms with Crippen molar-refractivity contribution in [1.82, 2.24) is 14.8 Å². The second-order valence-corrected chi connectivity index (χ2v) is 6.11. The van der Waals surface area contributed by atoms with Crippen molar-refractivity contribution in [2.75, 3.05) is 32.8 Å². The van der Waals surface area contributed by atoms with Crippen LogP contribution in [-0.2, 0) is 0 Å². The Morgan fingerprint density at radius 2 is 1.65 bits per heavy atom. The van der Waals surface area contributed by atoms with Crippen LogP contribution in [0.3, 0.4) is 0 Å². The lowest BCUT2D eigenvalue weighted by Gasteiger charge is -2.22. The van der Waals surface area contributed by atoms with Gasteiger partial charge in [0, 0.05) is 37.9 Å². The molecule has 1 aliphatic rings. The number of hydrogen-bond donors (Lipinski definition) is 0. The van der Waals surface area contributed by atoms with Crippen LogP contribution in [0.1, 0.15) is 34.2 Å². The van der Waals surface area contributed by atoms with Crippen molar-refractivity contribution < 1.29 is 14.3 Å². The van der Waals surface area contributed by atoms with Crippen LogP contribution in [0, 0.1) is 0 Å². The molecule has 0 N–H and O–H groups in total. The first-order chi connectivity index (χ1) is 12.7. The van der Waals surface area contributed by atoms with Crippen LogP contribution in [-0.4, -0.2) is 59.4 Å². The minimum absolute atomic E-state index is 0.0137. The molecule has 26 heavy (non-hydrogen) atoms. The quantitative estimate of drug-likeness (QED) is 0.847. The average Bonchev–Trinajstić information content (AvgIpc) is 2.95. The van der Waals surface area contributed by atoms with E-state index in [1.165, 1.54) is 0 Å². The van der Waals surface area contributed by atoms with Gasteiger partial charge in [0.2, 0.25) is 0 Å². The number of amides is 2.